The number of benzene rings is 3. The van der Waals surface area contributed by atoms with Crippen LogP contribution in [-0.2, 0) is 12.5 Å². The van der Waals surface area contributed by atoms with Crippen LogP contribution in [0.25, 0.3) is 11.3 Å². The molecule has 0 radical (unpaired) electrons. The third-order valence-electron chi connectivity index (χ3n) is 6.05. The second-order valence-corrected chi connectivity index (χ2v) is 9.83. The first-order valence-corrected chi connectivity index (χ1v) is 11.7. The Bertz CT molecular complexity index is 1480. The van der Waals surface area contributed by atoms with Gasteiger partial charge in [-0.25, -0.2) is 4.98 Å². The van der Waals surface area contributed by atoms with Gasteiger partial charge in [0.05, 0.1) is 5.69 Å². The normalized spacial score (nSPS) is 11.2. The van der Waals surface area contributed by atoms with Crippen molar-refractivity contribution < 1.29 is 9.90 Å². The number of phenols is 1. The zero-order valence-corrected chi connectivity index (χ0v) is 21.1. The van der Waals surface area contributed by atoms with Crippen LogP contribution in [0.15, 0.2) is 77.7 Å². The van der Waals surface area contributed by atoms with Crippen molar-refractivity contribution in [1.29, 1.82) is 0 Å². The minimum atomic E-state index is -0.303. The Morgan fingerprint density at radius 2 is 1.69 bits per heavy atom. The first-order chi connectivity index (χ1) is 17.0. The van der Waals surface area contributed by atoms with E-state index in [1.807, 2.05) is 49.4 Å². The second kappa shape index (κ2) is 9.70. The van der Waals surface area contributed by atoms with Gasteiger partial charge in [-0.3, -0.25) is 9.59 Å². The maximum atomic E-state index is 13.0. The molecule has 0 aliphatic carbocycles. The van der Waals surface area contributed by atoms with Crippen LogP contribution in [0.3, 0.4) is 0 Å². The molecule has 184 valence electrons. The molecule has 0 fully saturated rings. The molecule has 1 aromatic heterocycles. The molecule has 0 saturated carbocycles. The quantitative estimate of drug-likeness (QED) is 0.336. The number of aromatic hydroxyl groups is 1. The molecular weight excluding hydrogens is 452 g/mol. The molecule has 1 heterocycles. The number of carbonyl (C=O) groups excluding carboxylic acids is 1. The van der Waals surface area contributed by atoms with Crippen LogP contribution in [0.4, 0.5) is 17.2 Å². The highest BCUT2D eigenvalue weighted by atomic mass is 16.3. The van der Waals surface area contributed by atoms with Gasteiger partial charge in [0.2, 0.25) is 0 Å². The highest BCUT2D eigenvalue weighted by Crippen LogP contribution is 2.29. The van der Waals surface area contributed by atoms with Crippen LogP contribution in [0.5, 0.6) is 5.75 Å². The first-order valence-electron chi connectivity index (χ1n) is 11.7. The highest BCUT2D eigenvalue weighted by Gasteiger charge is 2.16. The van der Waals surface area contributed by atoms with Crippen LogP contribution >= 0.6 is 0 Å². The minimum absolute atomic E-state index is 0.0112. The average molecular weight is 483 g/mol. The third kappa shape index (κ3) is 5.30. The van der Waals surface area contributed by atoms with Crippen molar-refractivity contribution in [2.45, 2.75) is 33.1 Å². The predicted molar refractivity (Wildman–Crippen MR) is 144 cm³/mol. The second-order valence-electron chi connectivity index (χ2n) is 9.83. The van der Waals surface area contributed by atoms with E-state index in [0.29, 0.717) is 22.6 Å². The molecule has 0 saturated heterocycles. The van der Waals surface area contributed by atoms with Gasteiger partial charge in [-0.2, -0.15) is 0 Å². The van der Waals surface area contributed by atoms with Crippen LogP contribution in [0, 0.1) is 6.92 Å². The molecule has 4 rings (SSSR count). The van der Waals surface area contributed by atoms with Crippen molar-refractivity contribution in [1.82, 2.24) is 9.55 Å². The molecule has 4 aromatic rings. The molecule has 36 heavy (non-hydrogen) atoms. The Morgan fingerprint density at radius 3 is 2.36 bits per heavy atom. The molecule has 0 unspecified atom stereocenters. The first kappa shape index (κ1) is 24.7. The Kier molecular flexibility index (Phi) is 6.66. The Labute approximate surface area is 210 Å². The molecule has 0 spiro atoms. The van der Waals surface area contributed by atoms with Gasteiger partial charge < -0.3 is 20.3 Å². The van der Waals surface area contributed by atoms with Gasteiger partial charge >= 0.3 is 0 Å². The maximum Gasteiger partial charge on any atom is 0.293 e. The zero-order chi connectivity index (χ0) is 26.0. The largest absolute Gasteiger partial charge is 0.508 e. The van der Waals surface area contributed by atoms with Gasteiger partial charge in [0.15, 0.2) is 5.82 Å². The van der Waals surface area contributed by atoms with Gasteiger partial charge in [0, 0.05) is 41.8 Å². The number of nitrogens with one attached hydrogen (secondary N) is 2. The molecule has 3 N–H and O–H groups in total. The molecule has 0 atom stereocenters. The Balaban J connectivity index is 1.63. The van der Waals surface area contributed by atoms with Crippen LogP contribution in [0.1, 0.15) is 42.3 Å². The van der Waals surface area contributed by atoms with Crippen molar-refractivity contribution in [2.24, 2.45) is 7.05 Å². The molecule has 0 aliphatic rings. The smallest absolute Gasteiger partial charge is 0.293 e. The number of nitrogens with zero attached hydrogens (tertiary/aromatic N) is 2. The van der Waals surface area contributed by atoms with Gasteiger partial charge in [0.25, 0.3) is 11.5 Å². The summed E-state index contributed by atoms with van der Waals surface area (Å²) in [5.74, 6) is 0.0176. The topological polar surface area (TPSA) is 96.2 Å². The average Bonchev–Trinajstić information content (AvgIpc) is 2.83. The summed E-state index contributed by atoms with van der Waals surface area (Å²) in [6, 6.07) is 19.7. The van der Waals surface area contributed by atoms with E-state index in [2.05, 4.69) is 36.4 Å². The number of phenolic OH excluding ortho intramolecular Hbond substituents is 1. The van der Waals surface area contributed by atoms with E-state index in [1.165, 1.54) is 10.6 Å². The van der Waals surface area contributed by atoms with E-state index in [0.717, 1.165) is 16.7 Å². The van der Waals surface area contributed by atoms with Crippen LogP contribution in [0.2, 0.25) is 0 Å². The van der Waals surface area contributed by atoms with Crippen molar-refractivity contribution in [3.05, 3.63) is 100.0 Å². The van der Waals surface area contributed by atoms with E-state index < -0.39 is 0 Å². The Morgan fingerprint density at radius 1 is 1.00 bits per heavy atom. The fourth-order valence-electron chi connectivity index (χ4n) is 3.90. The van der Waals surface area contributed by atoms with Crippen molar-refractivity contribution in [2.75, 3.05) is 10.6 Å². The van der Waals surface area contributed by atoms with E-state index >= 15 is 0 Å². The summed E-state index contributed by atoms with van der Waals surface area (Å²) in [5, 5.41) is 15.7. The van der Waals surface area contributed by atoms with E-state index in [4.69, 9.17) is 0 Å². The van der Waals surface area contributed by atoms with Gasteiger partial charge in [-0.05, 0) is 53.8 Å². The molecular formula is C29H30N4O3. The van der Waals surface area contributed by atoms with E-state index in [1.54, 1.807) is 31.4 Å². The minimum Gasteiger partial charge on any atom is -0.508 e. The number of hydrogen-bond donors (Lipinski definition) is 3. The monoisotopic (exact) mass is 482 g/mol. The van der Waals surface area contributed by atoms with Crippen molar-refractivity contribution >= 4 is 23.1 Å². The number of aryl methyl sites for hydroxylation is 1. The lowest BCUT2D eigenvalue weighted by Gasteiger charge is -2.19. The number of aromatic nitrogens is 2. The summed E-state index contributed by atoms with van der Waals surface area (Å²) in [6.45, 7) is 8.31. The number of amides is 1. The van der Waals surface area contributed by atoms with E-state index in [-0.39, 0.29) is 28.4 Å². The number of hydrogen-bond acceptors (Lipinski definition) is 5. The number of carbonyl (C=O) groups is 1. The summed E-state index contributed by atoms with van der Waals surface area (Å²) in [6.07, 6.45) is 1.66. The van der Waals surface area contributed by atoms with Crippen LogP contribution < -0.4 is 16.2 Å². The molecule has 1 amide bonds. The van der Waals surface area contributed by atoms with Gasteiger partial charge in [-0.15, -0.1) is 0 Å². The zero-order valence-electron chi connectivity index (χ0n) is 21.1. The molecule has 7 heteroatoms. The lowest BCUT2D eigenvalue weighted by atomic mass is 9.86. The summed E-state index contributed by atoms with van der Waals surface area (Å²) >= 11 is 0. The van der Waals surface area contributed by atoms with Crippen molar-refractivity contribution in [3.8, 4) is 17.0 Å². The lowest BCUT2D eigenvalue weighted by molar-refractivity contribution is 0.102. The van der Waals surface area contributed by atoms with Crippen molar-refractivity contribution in [3.63, 3.8) is 0 Å². The predicted octanol–water partition coefficient (Wildman–Crippen LogP) is 5.75. The molecule has 0 bridgehead atoms. The summed E-state index contributed by atoms with van der Waals surface area (Å²) in [5.41, 5.74) is 4.83. The Hall–Kier alpha value is -4.39. The maximum absolute atomic E-state index is 13.0. The van der Waals surface area contributed by atoms with E-state index in [9.17, 15) is 14.7 Å². The van der Waals surface area contributed by atoms with Gasteiger partial charge in [0.1, 0.15) is 5.75 Å². The fraction of sp³-hybridized carbons (Fsp3) is 0.207. The standard InChI is InChI=1S/C29H30N4O3/c1-18-23(25-17-33(5)28(36)26(31-25)30-21-8-6-9-22(34)16-21)10-7-11-24(18)32-27(35)19-12-14-20(15-13-19)29(2,3)4/h6-17,34H,1-5H3,(H,30,31)(H,32,35). The highest BCUT2D eigenvalue weighted by molar-refractivity contribution is 6.05. The summed E-state index contributed by atoms with van der Waals surface area (Å²) in [4.78, 5) is 30.2. The third-order valence-corrected chi connectivity index (χ3v) is 6.05. The molecule has 7 nitrogen and oxygen atoms in total. The lowest BCUT2D eigenvalue weighted by Crippen LogP contribution is -2.21. The van der Waals surface area contributed by atoms with Gasteiger partial charge in [-0.1, -0.05) is 51.1 Å². The number of anilines is 3. The SMILES string of the molecule is Cc1c(NC(=O)c2ccc(C(C)(C)C)cc2)cccc1-c1cn(C)c(=O)c(Nc2cccc(O)c2)n1. The molecule has 0 aliphatic heterocycles. The number of rotatable bonds is 5. The van der Waals surface area contributed by atoms with Crippen LogP contribution in [-0.4, -0.2) is 20.6 Å². The summed E-state index contributed by atoms with van der Waals surface area (Å²) < 4.78 is 1.45. The molecule has 3 aromatic carbocycles. The summed E-state index contributed by atoms with van der Waals surface area (Å²) in [7, 11) is 1.66. The fourth-order valence-corrected chi connectivity index (χ4v) is 3.90.